The second-order valence-electron chi connectivity index (χ2n) is 4.09. The molecular formula is C12H12N2O6. The fraction of sp³-hybridized carbons (Fsp3) is 0.250. The lowest BCUT2D eigenvalue weighted by atomic mass is 10.1. The molecule has 1 aromatic rings. The van der Waals surface area contributed by atoms with Gasteiger partial charge < -0.3 is 25.6 Å². The third kappa shape index (κ3) is 2.86. The largest absolute Gasteiger partial charge is 0.482 e. The number of carbonyl (C=O) groups is 3. The van der Waals surface area contributed by atoms with Crippen molar-refractivity contribution >= 4 is 23.5 Å². The number of carboxylic acids is 1. The SMILES string of the molecule is O=C1COc2cc(C(=O)N[C@H](CO)C(=O)O)ccc2N1. The average molecular weight is 280 g/mol. The molecular weight excluding hydrogens is 268 g/mol. The minimum absolute atomic E-state index is 0.146. The van der Waals surface area contributed by atoms with Crippen molar-refractivity contribution in [1.82, 2.24) is 5.32 Å². The molecule has 1 heterocycles. The standard InChI is InChI=1S/C12H12N2O6/c15-4-8(12(18)19)14-11(17)6-1-2-7-9(3-6)20-5-10(16)13-7/h1-3,8,15H,4-5H2,(H,13,16)(H,14,17)(H,18,19)/t8-/m1/s1. The lowest BCUT2D eigenvalue weighted by Gasteiger charge is -2.18. The Labute approximate surface area is 113 Å². The van der Waals surface area contributed by atoms with Crippen molar-refractivity contribution in [2.75, 3.05) is 18.5 Å². The number of carboxylic acid groups (broad SMARTS) is 1. The molecule has 0 spiro atoms. The van der Waals surface area contributed by atoms with Gasteiger partial charge in [-0.15, -0.1) is 0 Å². The Morgan fingerprint density at radius 1 is 1.45 bits per heavy atom. The third-order valence-electron chi connectivity index (χ3n) is 2.66. The van der Waals surface area contributed by atoms with Gasteiger partial charge in [0.15, 0.2) is 12.6 Å². The second-order valence-corrected chi connectivity index (χ2v) is 4.09. The van der Waals surface area contributed by atoms with Crippen molar-refractivity contribution in [3.05, 3.63) is 23.8 Å². The van der Waals surface area contributed by atoms with Crippen LogP contribution >= 0.6 is 0 Å². The fourth-order valence-corrected chi connectivity index (χ4v) is 1.64. The molecule has 8 heteroatoms. The van der Waals surface area contributed by atoms with Crippen LogP contribution in [0.2, 0.25) is 0 Å². The smallest absolute Gasteiger partial charge is 0.328 e. The van der Waals surface area contributed by atoms with Crippen LogP contribution in [0.4, 0.5) is 5.69 Å². The summed E-state index contributed by atoms with van der Waals surface area (Å²) < 4.78 is 5.15. The summed E-state index contributed by atoms with van der Waals surface area (Å²) in [5.41, 5.74) is 0.606. The number of fused-ring (bicyclic) bond motifs is 1. The van der Waals surface area contributed by atoms with Crippen molar-refractivity contribution in [3.63, 3.8) is 0 Å². The summed E-state index contributed by atoms with van der Waals surface area (Å²) in [4.78, 5) is 33.7. The maximum atomic E-state index is 11.8. The molecule has 8 nitrogen and oxygen atoms in total. The number of aliphatic carboxylic acids is 1. The number of rotatable bonds is 4. The van der Waals surface area contributed by atoms with E-state index in [0.717, 1.165) is 0 Å². The number of ether oxygens (including phenoxy) is 1. The minimum Gasteiger partial charge on any atom is -0.482 e. The van der Waals surface area contributed by atoms with Crippen LogP contribution < -0.4 is 15.4 Å². The molecule has 1 aliphatic rings. The zero-order valence-electron chi connectivity index (χ0n) is 10.3. The van der Waals surface area contributed by atoms with Gasteiger partial charge in [-0.3, -0.25) is 9.59 Å². The van der Waals surface area contributed by atoms with E-state index in [1.165, 1.54) is 18.2 Å². The number of aliphatic hydroxyl groups excluding tert-OH is 1. The van der Waals surface area contributed by atoms with E-state index in [9.17, 15) is 14.4 Å². The maximum absolute atomic E-state index is 11.8. The van der Waals surface area contributed by atoms with E-state index in [1.54, 1.807) is 0 Å². The Kier molecular flexibility index (Phi) is 3.85. The Bertz CT molecular complexity index is 571. The molecule has 0 unspecified atom stereocenters. The van der Waals surface area contributed by atoms with E-state index in [0.29, 0.717) is 11.4 Å². The van der Waals surface area contributed by atoms with Gasteiger partial charge in [0, 0.05) is 5.56 Å². The molecule has 4 N–H and O–H groups in total. The van der Waals surface area contributed by atoms with Crippen molar-refractivity contribution in [2.24, 2.45) is 0 Å². The number of aliphatic hydroxyl groups is 1. The zero-order valence-corrected chi connectivity index (χ0v) is 10.3. The first-order chi connectivity index (χ1) is 9.51. The van der Waals surface area contributed by atoms with Crippen LogP contribution in [0.1, 0.15) is 10.4 Å². The topological polar surface area (TPSA) is 125 Å². The normalized spacial score (nSPS) is 14.6. The molecule has 2 rings (SSSR count). The van der Waals surface area contributed by atoms with E-state index in [4.69, 9.17) is 14.9 Å². The summed E-state index contributed by atoms with van der Waals surface area (Å²) in [5.74, 6) is -1.95. The first-order valence-electron chi connectivity index (χ1n) is 5.72. The van der Waals surface area contributed by atoms with Crippen LogP contribution in [0.15, 0.2) is 18.2 Å². The van der Waals surface area contributed by atoms with Crippen LogP contribution in [0.3, 0.4) is 0 Å². The van der Waals surface area contributed by atoms with Crippen molar-refractivity contribution in [2.45, 2.75) is 6.04 Å². The van der Waals surface area contributed by atoms with Crippen LogP contribution in [0, 0.1) is 0 Å². The van der Waals surface area contributed by atoms with Crippen LogP contribution in [-0.4, -0.2) is 47.3 Å². The molecule has 1 aliphatic heterocycles. The molecule has 0 saturated carbocycles. The predicted molar refractivity (Wildman–Crippen MR) is 66.5 cm³/mol. The minimum atomic E-state index is -1.38. The van der Waals surface area contributed by atoms with Gasteiger partial charge in [0.25, 0.3) is 11.8 Å². The summed E-state index contributed by atoms with van der Waals surface area (Å²) in [7, 11) is 0. The second kappa shape index (κ2) is 5.57. The lowest BCUT2D eigenvalue weighted by molar-refractivity contribution is -0.140. The highest BCUT2D eigenvalue weighted by atomic mass is 16.5. The van der Waals surface area contributed by atoms with E-state index in [1.807, 2.05) is 0 Å². The summed E-state index contributed by atoms with van der Waals surface area (Å²) >= 11 is 0. The monoisotopic (exact) mass is 280 g/mol. The average Bonchev–Trinajstić information content (AvgIpc) is 2.43. The number of anilines is 1. The van der Waals surface area contributed by atoms with Crippen molar-refractivity contribution < 1.29 is 29.3 Å². The van der Waals surface area contributed by atoms with E-state index in [2.05, 4.69) is 10.6 Å². The number of benzene rings is 1. The van der Waals surface area contributed by atoms with Crippen LogP contribution in [-0.2, 0) is 9.59 Å². The number of hydrogen-bond donors (Lipinski definition) is 4. The number of nitrogens with one attached hydrogen (secondary N) is 2. The van der Waals surface area contributed by atoms with Crippen molar-refractivity contribution in [1.29, 1.82) is 0 Å². The van der Waals surface area contributed by atoms with Gasteiger partial charge >= 0.3 is 5.97 Å². The van der Waals surface area contributed by atoms with Gasteiger partial charge in [0.1, 0.15) is 5.75 Å². The Morgan fingerprint density at radius 3 is 2.85 bits per heavy atom. The van der Waals surface area contributed by atoms with Gasteiger partial charge in [0.05, 0.1) is 12.3 Å². The van der Waals surface area contributed by atoms with Gasteiger partial charge in [-0.05, 0) is 18.2 Å². The molecule has 0 saturated heterocycles. The van der Waals surface area contributed by atoms with E-state index < -0.39 is 24.5 Å². The van der Waals surface area contributed by atoms with Gasteiger partial charge in [0.2, 0.25) is 0 Å². The summed E-state index contributed by atoms with van der Waals surface area (Å²) in [6.07, 6.45) is 0. The molecule has 2 amide bonds. The Hall–Kier alpha value is -2.61. The van der Waals surface area contributed by atoms with Crippen molar-refractivity contribution in [3.8, 4) is 5.75 Å². The quantitative estimate of drug-likeness (QED) is 0.572. The third-order valence-corrected chi connectivity index (χ3v) is 2.66. The van der Waals surface area contributed by atoms with Crippen LogP contribution in [0.5, 0.6) is 5.75 Å². The maximum Gasteiger partial charge on any atom is 0.328 e. The molecule has 0 aromatic heterocycles. The molecule has 20 heavy (non-hydrogen) atoms. The Morgan fingerprint density at radius 2 is 2.20 bits per heavy atom. The molecule has 1 aromatic carbocycles. The molecule has 0 radical (unpaired) electrons. The predicted octanol–water partition coefficient (Wildman–Crippen LogP) is -0.807. The number of carbonyl (C=O) groups excluding carboxylic acids is 2. The van der Waals surface area contributed by atoms with Gasteiger partial charge in [-0.25, -0.2) is 4.79 Å². The fourth-order valence-electron chi connectivity index (χ4n) is 1.64. The first-order valence-corrected chi connectivity index (χ1v) is 5.72. The molecule has 0 bridgehead atoms. The number of hydrogen-bond acceptors (Lipinski definition) is 5. The Balaban J connectivity index is 2.15. The lowest BCUT2D eigenvalue weighted by Crippen LogP contribution is -2.43. The highest BCUT2D eigenvalue weighted by Crippen LogP contribution is 2.28. The van der Waals surface area contributed by atoms with Gasteiger partial charge in [-0.1, -0.05) is 0 Å². The molecule has 1 atom stereocenters. The summed E-state index contributed by atoms with van der Waals surface area (Å²) in [6.45, 7) is -0.856. The number of amides is 2. The molecule has 0 fully saturated rings. The molecule has 0 aliphatic carbocycles. The van der Waals surface area contributed by atoms with E-state index in [-0.39, 0.29) is 18.1 Å². The molecule has 106 valence electrons. The summed E-state index contributed by atoms with van der Waals surface area (Å²) in [5, 5.41) is 22.3. The summed E-state index contributed by atoms with van der Waals surface area (Å²) in [6, 6.07) is 2.91. The van der Waals surface area contributed by atoms with Crippen LogP contribution in [0.25, 0.3) is 0 Å². The highest BCUT2D eigenvalue weighted by Gasteiger charge is 2.22. The zero-order chi connectivity index (χ0) is 14.7. The highest BCUT2D eigenvalue weighted by molar-refractivity contribution is 6.00. The van der Waals surface area contributed by atoms with Gasteiger partial charge in [-0.2, -0.15) is 0 Å². The first kappa shape index (κ1) is 13.8. The van der Waals surface area contributed by atoms with E-state index >= 15 is 0 Å².